The van der Waals surface area contributed by atoms with Crippen LogP contribution in [-0.2, 0) is 0 Å². The fourth-order valence-corrected chi connectivity index (χ4v) is 2.43. The number of hydrogen-bond donors (Lipinski definition) is 1. The molecule has 0 atom stereocenters. The molecule has 0 aliphatic carbocycles. The second-order valence-electron chi connectivity index (χ2n) is 3.05. The van der Waals surface area contributed by atoms with Crippen molar-refractivity contribution in [2.45, 2.75) is 13.8 Å². The molecule has 2 heterocycles. The summed E-state index contributed by atoms with van der Waals surface area (Å²) in [5.74, 6) is 0. The van der Waals surface area contributed by atoms with Crippen molar-refractivity contribution in [3.05, 3.63) is 16.7 Å². The molecule has 2 rings (SSSR count). The van der Waals surface area contributed by atoms with Crippen LogP contribution in [0.4, 0.5) is 5.13 Å². The van der Waals surface area contributed by atoms with Gasteiger partial charge in [0.25, 0.3) is 5.56 Å². The topological polar surface area (TPSA) is 61.9 Å². The normalized spacial score (nSPS) is 10.8. The third kappa shape index (κ3) is 1.72. The zero-order valence-electron chi connectivity index (χ0n) is 8.65. The van der Waals surface area contributed by atoms with Crippen molar-refractivity contribution >= 4 is 26.8 Å². The summed E-state index contributed by atoms with van der Waals surface area (Å²) in [5, 5.41) is 0.860. The van der Waals surface area contributed by atoms with Gasteiger partial charge in [0, 0.05) is 13.1 Å². The highest BCUT2D eigenvalue weighted by molar-refractivity contribution is 7.22. The fourth-order valence-electron chi connectivity index (χ4n) is 1.38. The number of rotatable bonds is 3. The Morgan fingerprint density at radius 3 is 2.80 bits per heavy atom. The highest BCUT2D eigenvalue weighted by Gasteiger charge is 2.11. The first-order chi connectivity index (χ1) is 7.26. The summed E-state index contributed by atoms with van der Waals surface area (Å²) < 4.78 is 0.597. The number of anilines is 1. The number of H-pyrrole nitrogens is 1. The van der Waals surface area contributed by atoms with E-state index in [9.17, 15) is 4.79 Å². The third-order valence-corrected chi connectivity index (χ3v) is 3.32. The Labute approximate surface area is 90.8 Å². The molecule has 0 unspecified atom stereocenters. The summed E-state index contributed by atoms with van der Waals surface area (Å²) in [7, 11) is 0. The van der Waals surface area contributed by atoms with Crippen LogP contribution in [0.5, 0.6) is 0 Å². The van der Waals surface area contributed by atoms with E-state index in [1.807, 2.05) is 0 Å². The summed E-state index contributed by atoms with van der Waals surface area (Å²) in [6.07, 6.45) is 1.39. The van der Waals surface area contributed by atoms with Crippen molar-refractivity contribution in [2.75, 3.05) is 18.0 Å². The molecule has 0 amide bonds. The largest absolute Gasteiger partial charge is 0.349 e. The monoisotopic (exact) mass is 224 g/mol. The molecule has 6 heteroatoms. The van der Waals surface area contributed by atoms with Gasteiger partial charge in [-0.25, -0.2) is 4.98 Å². The minimum atomic E-state index is -0.115. The average Bonchev–Trinajstić information content (AvgIpc) is 2.65. The van der Waals surface area contributed by atoms with Gasteiger partial charge in [-0.2, -0.15) is 4.98 Å². The number of nitrogens with one attached hydrogen (secondary N) is 1. The number of aromatic amines is 1. The Bertz CT molecular complexity index is 514. The Hall–Kier alpha value is -1.43. The van der Waals surface area contributed by atoms with Gasteiger partial charge < -0.3 is 9.88 Å². The Morgan fingerprint density at radius 1 is 1.47 bits per heavy atom. The number of nitrogens with zero attached hydrogens (tertiary/aromatic N) is 3. The molecule has 0 aliphatic rings. The maximum absolute atomic E-state index is 11.4. The van der Waals surface area contributed by atoms with Crippen molar-refractivity contribution in [1.29, 1.82) is 0 Å². The maximum Gasteiger partial charge on any atom is 0.270 e. The zero-order chi connectivity index (χ0) is 10.8. The second kappa shape index (κ2) is 3.98. The standard InChI is InChI=1S/C9H12N4OS/c1-3-13(4-2)9-12-7-6(15-9)8(14)11-5-10-7/h5H,3-4H2,1-2H3,(H,10,11,14). The minimum Gasteiger partial charge on any atom is -0.349 e. The van der Waals surface area contributed by atoms with Crippen LogP contribution in [0.3, 0.4) is 0 Å². The van der Waals surface area contributed by atoms with Crippen LogP contribution in [0, 0.1) is 0 Å². The maximum atomic E-state index is 11.4. The first-order valence-corrected chi connectivity index (χ1v) is 5.67. The smallest absolute Gasteiger partial charge is 0.270 e. The molecule has 0 saturated carbocycles. The van der Waals surface area contributed by atoms with E-state index in [1.165, 1.54) is 17.7 Å². The van der Waals surface area contributed by atoms with Crippen LogP contribution in [0.2, 0.25) is 0 Å². The van der Waals surface area contributed by atoms with E-state index < -0.39 is 0 Å². The molecule has 0 spiro atoms. The van der Waals surface area contributed by atoms with Crippen molar-refractivity contribution in [3.8, 4) is 0 Å². The lowest BCUT2D eigenvalue weighted by Gasteiger charge is -2.15. The van der Waals surface area contributed by atoms with E-state index in [2.05, 4.69) is 33.7 Å². The first kappa shape index (κ1) is 10.1. The Kier molecular flexibility index (Phi) is 2.68. The van der Waals surface area contributed by atoms with Crippen LogP contribution in [0.15, 0.2) is 11.1 Å². The van der Waals surface area contributed by atoms with E-state index in [1.54, 1.807) is 0 Å². The van der Waals surface area contributed by atoms with Crippen molar-refractivity contribution in [2.24, 2.45) is 0 Å². The fraction of sp³-hybridized carbons (Fsp3) is 0.444. The Morgan fingerprint density at radius 2 is 2.20 bits per heavy atom. The quantitative estimate of drug-likeness (QED) is 0.851. The SMILES string of the molecule is CCN(CC)c1nc2nc[nH]c(=O)c2s1. The van der Waals surface area contributed by atoms with Gasteiger partial charge in [0.1, 0.15) is 4.70 Å². The highest BCUT2D eigenvalue weighted by Crippen LogP contribution is 2.24. The van der Waals surface area contributed by atoms with Crippen LogP contribution in [0.1, 0.15) is 13.8 Å². The molecule has 5 nitrogen and oxygen atoms in total. The molecule has 0 aromatic carbocycles. The molecule has 0 bridgehead atoms. The summed E-state index contributed by atoms with van der Waals surface area (Å²) in [6.45, 7) is 5.89. The van der Waals surface area contributed by atoms with Crippen LogP contribution in [0.25, 0.3) is 10.3 Å². The minimum absolute atomic E-state index is 0.115. The van der Waals surface area contributed by atoms with Gasteiger partial charge in [0.05, 0.1) is 6.33 Å². The van der Waals surface area contributed by atoms with Gasteiger partial charge in [0.15, 0.2) is 10.8 Å². The number of aromatic nitrogens is 3. The lowest BCUT2D eigenvalue weighted by Crippen LogP contribution is -2.21. The van der Waals surface area contributed by atoms with Crippen LogP contribution in [-0.4, -0.2) is 28.0 Å². The molecule has 0 aliphatic heterocycles. The predicted octanol–water partition coefficient (Wildman–Crippen LogP) is 1.23. The van der Waals surface area contributed by atoms with E-state index >= 15 is 0 Å². The molecule has 15 heavy (non-hydrogen) atoms. The van der Waals surface area contributed by atoms with Gasteiger partial charge in [-0.3, -0.25) is 4.79 Å². The average molecular weight is 224 g/mol. The summed E-state index contributed by atoms with van der Waals surface area (Å²) in [6, 6.07) is 0. The van der Waals surface area contributed by atoms with Gasteiger partial charge in [-0.15, -0.1) is 0 Å². The highest BCUT2D eigenvalue weighted by atomic mass is 32.1. The summed E-state index contributed by atoms with van der Waals surface area (Å²) >= 11 is 1.39. The van der Waals surface area contributed by atoms with Gasteiger partial charge in [0.2, 0.25) is 0 Å². The molecule has 2 aromatic heterocycles. The predicted molar refractivity (Wildman–Crippen MR) is 61.6 cm³/mol. The van der Waals surface area contributed by atoms with Gasteiger partial charge >= 0.3 is 0 Å². The lowest BCUT2D eigenvalue weighted by atomic mass is 10.5. The number of hydrogen-bond acceptors (Lipinski definition) is 5. The molecule has 1 N–H and O–H groups in total. The zero-order valence-corrected chi connectivity index (χ0v) is 9.47. The molecule has 0 fully saturated rings. The van der Waals surface area contributed by atoms with Crippen molar-refractivity contribution in [3.63, 3.8) is 0 Å². The molecule has 2 aromatic rings. The molecular weight excluding hydrogens is 212 g/mol. The van der Waals surface area contributed by atoms with Crippen LogP contribution < -0.4 is 10.5 Å². The molecular formula is C9H12N4OS. The Balaban J connectivity index is 2.56. The molecule has 0 saturated heterocycles. The third-order valence-electron chi connectivity index (χ3n) is 2.22. The van der Waals surface area contributed by atoms with Gasteiger partial charge in [-0.1, -0.05) is 11.3 Å². The van der Waals surface area contributed by atoms with E-state index in [-0.39, 0.29) is 5.56 Å². The van der Waals surface area contributed by atoms with E-state index in [4.69, 9.17) is 0 Å². The summed E-state index contributed by atoms with van der Waals surface area (Å²) in [4.78, 5) is 24.5. The molecule has 80 valence electrons. The first-order valence-electron chi connectivity index (χ1n) is 4.85. The molecule has 0 radical (unpaired) electrons. The lowest BCUT2D eigenvalue weighted by molar-refractivity contribution is 0.861. The number of thiazole rings is 1. The van der Waals surface area contributed by atoms with Crippen molar-refractivity contribution < 1.29 is 0 Å². The van der Waals surface area contributed by atoms with E-state index in [0.29, 0.717) is 10.3 Å². The summed E-state index contributed by atoms with van der Waals surface area (Å²) in [5.41, 5.74) is 0.418. The van der Waals surface area contributed by atoms with Gasteiger partial charge in [-0.05, 0) is 13.8 Å². The van der Waals surface area contributed by atoms with Crippen molar-refractivity contribution in [1.82, 2.24) is 15.0 Å². The number of fused-ring (bicyclic) bond motifs is 1. The second-order valence-corrected chi connectivity index (χ2v) is 4.03. The van der Waals surface area contributed by atoms with E-state index in [0.717, 1.165) is 18.2 Å². The van der Waals surface area contributed by atoms with Crippen LogP contribution >= 0.6 is 11.3 Å².